The number of nitrogens with zero attached hydrogens (tertiary/aromatic N) is 1. The number of aryl methyl sites for hydroxylation is 2. The second kappa shape index (κ2) is 5.95. The summed E-state index contributed by atoms with van der Waals surface area (Å²) in [6, 6.07) is 7.71. The zero-order valence-corrected chi connectivity index (χ0v) is 13.9. The number of hydrogen-bond donors (Lipinski definition) is 0. The maximum atomic E-state index is 12.6. The van der Waals surface area contributed by atoms with Gasteiger partial charge in [-0.25, -0.2) is 0 Å². The summed E-state index contributed by atoms with van der Waals surface area (Å²) in [6.07, 6.45) is 3.64. The molecule has 1 aromatic carbocycles. The van der Waals surface area contributed by atoms with Gasteiger partial charge in [0.05, 0.1) is 25.0 Å². The van der Waals surface area contributed by atoms with Gasteiger partial charge >= 0.3 is 0 Å². The molecule has 3 rings (SSSR count). The second-order valence-electron chi connectivity index (χ2n) is 6.02. The Bertz CT molecular complexity index is 830. The van der Waals surface area contributed by atoms with Crippen LogP contribution in [0.4, 0.5) is 0 Å². The standard InChI is InChI=1S/C19H21NO3/c1-12-7-8-16-15(11-23-19(16)13(12)2)10-18(21)20(4)14(3)17-6-5-9-22-17/h5-9,11,14H,10H2,1-4H3. The molecule has 0 bridgehead atoms. The fourth-order valence-corrected chi connectivity index (χ4v) is 2.75. The highest BCUT2D eigenvalue weighted by atomic mass is 16.3. The van der Waals surface area contributed by atoms with Crippen molar-refractivity contribution in [2.45, 2.75) is 33.2 Å². The number of rotatable bonds is 4. The zero-order valence-electron chi connectivity index (χ0n) is 13.9. The van der Waals surface area contributed by atoms with E-state index >= 15 is 0 Å². The van der Waals surface area contributed by atoms with Gasteiger partial charge in [0.25, 0.3) is 0 Å². The van der Waals surface area contributed by atoms with Crippen LogP contribution in [0, 0.1) is 13.8 Å². The second-order valence-corrected chi connectivity index (χ2v) is 6.02. The number of likely N-dealkylation sites (N-methyl/N-ethyl adjacent to an activating group) is 1. The van der Waals surface area contributed by atoms with Crippen LogP contribution in [-0.2, 0) is 11.2 Å². The number of furan rings is 2. The van der Waals surface area contributed by atoms with Gasteiger partial charge in [0, 0.05) is 18.0 Å². The molecule has 3 aromatic rings. The van der Waals surface area contributed by atoms with Crippen molar-refractivity contribution in [2.24, 2.45) is 0 Å². The average Bonchev–Trinajstić information content (AvgIpc) is 3.20. The Morgan fingerprint density at radius 3 is 2.70 bits per heavy atom. The monoisotopic (exact) mass is 311 g/mol. The van der Waals surface area contributed by atoms with Gasteiger partial charge in [-0.1, -0.05) is 12.1 Å². The Balaban J connectivity index is 1.82. The highest BCUT2D eigenvalue weighted by molar-refractivity contribution is 5.89. The smallest absolute Gasteiger partial charge is 0.227 e. The third kappa shape index (κ3) is 2.77. The molecule has 4 nitrogen and oxygen atoms in total. The van der Waals surface area contributed by atoms with Gasteiger partial charge in [-0.05, 0) is 44.0 Å². The number of carbonyl (C=O) groups excluding carboxylic acids is 1. The minimum Gasteiger partial charge on any atom is -0.467 e. The molecular weight excluding hydrogens is 290 g/mol. The lowest BCUT2D eigenvalue weighted by atomic mass is 10.0. The van der Waals surface area contributed by atoms with Crippen LogP contribution in [0.5, 0.6) is 0 Å². The highest BCUT2D eigenvalue weighted by Crippen LogP contribution is 2.28. The maximum Gasteiger partial charge on any atom is 0.227 e. The summed E-state index contributed by atoms with van der Waals surface area (Å²) in [6.45, 7) is 6.05. The van der Waals surface area contributed by atoms with E-state index in [9.17, 15) is 4.79 Å². The van der Waals surface area contributed by atoms with E-state index in [2.05, 4.69) is 13.0 Å². The predicted molar refractivity (Wildman–Crippen MR) is 89.3 cm³/mol. The van der Waals surface area contributed by atoms with Crippen LogP contribution in [0.25, 0.3) is 11.0 Å². The van der Waals surface area contributed by atoms with E-state index in [0.29, 0.717) is 6.42 Å². The van der Waals surface area contributed by atoms with Crippen molar-refractivity contribution in [1.82, 2.24) is 4.90 Å². The van der Waals surface area contributed by atoms with Crippen molar-refractivity contribution in [2.75, 3.05) is 7.05 Å². The number of fused-ring (bicyclic) bond motifs is 1. The van der Waals surface area contributed by atoms with E-state index in [1.165, 1.54) is 5.56 Å². The molecule has 1 atom stereocenters. The molecule has 0 fully saturated rings. The minimum absolute atomic E-state index is 0.0369. The van der Waals surface area contributed by atoms with E-state index in [1.807, 2.05) is 32.0 Å². The van der Waals surface area contributed by atoms with Gasteiger partial charge in [-0.3, -0.25) is 4.79 Å². The van der Waals surface area contributed by atoms with E-state index in [1.54, 1.807) is 24.5 Å². The highest BCUT2D eigenvalue weighted by Gasteiger charge is 2.21. The van der Waals surface area contributed by atoms with E-state index in [0.717, 1.165) is 27.9 Å². The first kappa shape index (κ1) is 15.4. The van der Waals surface area contributed by atoms with Crippen molar-refractivity contribution in [3.8, 4) is 0 Å². The lowest BCUT2D eigenvalue weighted by Gasteiger charge is -2.23. The molecule has 0 spiro atoms. The fraction of sp³-hybridized carbons (Fsp3) is 0.316. The normalized spacial score (nSPS) is 12.5. The number of hydrogen-bond acceptors (Lipinski definition) is 3. The third-order valence-corrected chi connectivity index (χ3v) is 4.61. The molecule has 2 aromatic heterocycles. The molecule has 0 radical (unpaired) electrons. The molecule has 4 heteroatoms. The van der Waals surface area contributed by atoms with Crippen molar-refractivity contribution < 1.29 is 13.6 Å². The summed E-state index contributed by atoms with van der Waals surface area (Å²) < 4.78 is 11.1. The first-order valence-corrected chi connectivity index (χ1v) is 7.74. The Labute approximate surface area is 135 Å². The van der Waals surface area contributed by atoms with Crippen LogP contribution in [0.3, 0.4) is 0 Å². The quantitative estimate of drug-likeness (QED) is 0.717. The minimum atomic E-state index is -0.0976. The Morgan fingerprint density at radius 2 is 2.00 bits per heavy atom. The first-order valence-electron chi connectivity index (χ1n) is 7.74. The molecule has 0 aliphatic rings. The molecule has 1 amide bonds. The van der Waals surface area contributed by atoms with E-state index in [-0.39, 0.29) is 11.9 Å². The molecule has 0 saturated carbocycles. The first-order chi connectivity index (χ1) is 11.0. The van der Waals surface area contributed by atoms with Crippen LogP contribution < -0.4 is 0 Å². The summed E-state index contributed by atoms with van der Waals surface area (Å²) in [5, 5.41) is 1.01. The summed E-state index contributed by atoms with van der Waals surface area (Å²) in [7, 11) is 1.80. The summed E-state index contributed by atoms with van der Waals surface area (Å²) in [4.78, 5) is 14.3. The van der Waals surface area contributed by atoms with E-state index < -0.39 is 0 Å². The van der Waals surface area contributed by atoms with Gasteiger partial charge in [-0.15, -0.1) is 0 Å². The Hall–Kier alpha value is -2.49. The molecular formula is C19H21NO3. The van der Waals surface area contributed by atoms with Crippen LogP contribution >= 0.6 is 0 Å². The van der Waals surface area contributed by atoms with Gasteiger partial charge in [0.2, 0.25) is 5.91 Å². The lowest BCUT2D eigenvalue weighted by molar-refractivity contribution is -0.131. The maximum absolute atomic E-state index is 12.6. The topological polar surface area (TPSA) is 46.6 Å². The van der Waals surface area contributed by atoms with Gasteiger partial charge in [0.1, 0.15) is 11.3 Å². The molecule has 1 unspecified atom stereocenters. The average molecular weight is 311 g/mol. The fourth-order valence-electron chi connectivity index (χ4n) is 2.75. The summed E-state index contributed by atoms with van der Waals surface area (Å²) >= 11 is 0. The largest absolute Gasteiger partial charge is 0.467 e. The van der Waals surface area contributed by atoms with Crippen LogP contribution in [0.15, 0.2) is 45.6 Å². The van der Waals surface area contributed by atoms with Gasteiger partial charge in [-0.2, -0.15) is 0 Å². The van der Waals surface area contributed by atoms with Crippen molar-refractivity contribution in [3.05, 3.63) is 59.2 Å². The van der Waals surface area contributed by atoms with Crippen LogP contribution in [0.2, 0.25) is 0 Å². The number of carbonyl (C=O) groups is 1. The molecule has 0 saturated heterocycles. The molecule has 0 aliphatic heterocycles. The molecule has 0 aliphatic carbocycles. The van der Waals surface area contributed by atoms with Crippen LogP contribution in [-0.4, -0.2) is 17.9 Å². The Morgan fingerprint density at radius 1 is 1.22 bits per heavy atom. The SMILES string of the molecule is Cc1ccc2c(CC(=O)N(C)C(C)c3ccco3)coc2c1C. The van der Waals surface area contributed by atoms with Crippen molar-refractivity contribution in [1.29, 1.82) is 0 Å². The predicted octanol–water partition coefficient (Wildman–Crippen LogP) is 4.40. The van der Waals surface area contributed by atoms with Crippen LogP contribution in [0.1, 0.15) is 35.4 Å². The summed E-state index contributed by atoms with van der Waals surface area (Å²) in [5.74, 6) is 0.819. The van der Waals surface area contributed by atoms with Gasteiger partial charge < -0.3 is 13.7 Å². The van der Waals surface area contributed by atoms with E-state index in [4.69, 9.17) is 8.83 Å². The van der Waals surface area contributed by atoms with Crippen molar-refractivity contribution in [3.63, 3.8) is 0 Å². The lowest BCUT2D eigenvalue weighted by Crippen LogP contribution is -2.30. The number of benzene rings is 1. The molecule has 2 heterocycles. The summed E-state index contributed by atoms with van der Waals surface area (Å²) in [5.41, 5.74) is 4.10. The van der Waals surface area contributed by atoms with Crippen molar-refractivity contribution >= 4 is 16.9 Å². The molecule has 120 valence electrons. The Kier molecular flexibility index (Phi) is 3.99. The van der Waals surface area contributed by atoms with Gasteiger partial charge in [0.15, 0.2) is 0 Å². The number of amides is 1. The molecule has 23 heavy (non-hydrogen) atoms. The zero-order chi connectivity index (χ0) is 16.6. The third-order valence-electron chi connectivity index (χ3n) is 4.61. The molecule has 0 N–H and O–H groups in total.